The van der Waals surface area contributed by atoms with E-state index in [0.29, 0.717) is 11.3 Å². The smallest absolute Gasteiger partial charge is 0.308 e. The van der Waals surface area contributed by atoms with Crippen LogP contribution in [0.25, 0.3) is 0 Å². The van der Waals surface area contributed by atoms with Crippen molar-refractivity contribution in [1.82, 2.24) is 0 Å². The molecule has 0 saturated carbocycles. The zero-order valence-corrected chi connectivity index (χ0v) is 15.9. The Morgan fingerprint density at radius 2 is 1.55 bits per heavy atom. The van der Waals surface area contributed by atoms with E-state index in [2.05, 4.69) is 0 Å². The number of carbonyl (C=O) groups excluding carboxylic acids is 1. The second-order valence-electron chi connectivity index (χ2n) is 6.36. The van der Waals surface area contributed by atoms with Crippen LogP contribution < -0.4 is 0 Å². The molecule has 3 rings (SSSR count). The Hall–Kier alpha value is -3.80. The number of methoxy groups -OCH3 is 1. The van der Waals surface area contributed by atoms with Gasteiger partial charge in [-0.1, -0.05) is 72.8 Å². The molecule has 6 heteroatoms. The van der Waals surface area contributed by atoms with Gasteiger partial charge >= 0.3 is 5.97 Å². The predicted octanol–water partition coefficient (Wildman–Crippen LogP) is 4.74. The zero-order valence-electron chi connectivity index (χ0n) is 15.9. The van der Waals surface area contributed by atoms with Crippen molar-refractivity contribution in [3.05, 3.63) is 112 Å². The van der Waals surface area contributed by atoms with Crippen LogP contribution in [0.15, 0.2) is 89.9 Å². The normalized spacial score (nSPS) is 11.3. The topological polar surface area (TPSA) is 81.8 Å². The largest absolute Gasteiger partial charge is 0.469 e. The molecule has 0 fully saturated rings. The number of aliphatic imine (C=N–C) groups is 1. The number of nitro benzene ring substituents is 1. The first-order valence-electron chi connectivity index (χ1n) is 9.08. The molecule has 0 radical (unpaired) electrons. The van der Waals surface area contributed by atoms with E-state index in [-0.39, 0.29) is 12.1 Å². The molecular weight excluding hydrogens is 368 g/mol. The fraction of sp³-hybridized carbons (Fsp3) is 0.130. The van der Waals surface area contributed by atoms with Crippen molar-refractivity contribution in [1.29, 1.82) is 0 Å². The second kappa shape index (κ2) is 9.41. The average Bonchev–Trinajstić information content (AvgIpc) is 2.77. The number of carbonyl (C=O) groups is 1. The van der Waals surface area contributed by atoms with E-state index < -0.39 is 16.9 Å². The summed E-state index contributed by atoms with van der Waals surface area (Å²) in [4.78, 5) is 27.6. The second-order valence-corrected chi connectivity index (χ2v) is 6.36. The van der Waals surface area contributed by atoms with Gasteiger partial charge in [0.1, 0.15) is 0 Å². The molecule has 0 aliphatic rings. The quantitative estimate of drug-likeness (QED) is 0.253. The Morgan fingerprint density at radius 1 is 0.966 bits per heavy atom. The Morgan fingerprint density at radius 3 is 2.07 bits per heavy atom. The van der Waals surface area contributed by atoms with Crippen LogP contribution in [0.2, 0.25) is 0 Å². The molecule has 0 spiro atoms. The highest BCUT2D eigenvalue weighted by atomic mass is 16.6. The number of nitro groups is 1. The number of benzene rings is 3. The fourth-order valence-corrected chi connectivity index (χ4v) is 2.99. The maximum atomic E-state index is 12.0. The lowest BCUT2D eigenvalue weighted by atomic mass is 9.99. The first kappa shape index (κ1) is 19.9. The van der Waals surface area contributed by atoms with E-state index >= 15 is 0 Å². The van der Waals surface area contributed by atoms with Crippen molar-refractivity contribution in [2.24, 2.45) is 4.99 Å². The number of rotatable bonds is 7. The molecule has 3 aromatic rings. The summed E-state index contributed by atoms with van der Waals surface area (Å²) in [6.45, 7) is 0. The minimum atomic E-state index is -0.627. The van der Waals surface area contributed by atoms with Crippen molar-refractivity contribution < 1.29 is 14.5 Å². The molecule has 29 heavy (non-hydrogen) atoms. The molecule has 0 saturated heterocycles. The number of ether oxygens (including phenoxy) is 1. The standard InChI is InChI=1S/C23H20N2O4/c1-29-22(26)16-21(19-13-8-14-20(15-19)25(27)28)24-23(17-9-4-2-5-10-17)18-11-6-3-7-12-18/h2-15,21H,16H2,1H3. The van der Waals surface area contributed by atoms with Gasteiger partial charge in [-0.05, 0) is 5.56 Å². The van der Waals surface area contributed by atoms with Gasteiger partial charge in [0.25, 0.3) is 5.69 Å². The van der Waals surface area contributed by atoms with Gasteiger partial charge in [-0.2, -0.15) is 0 Å². The van der Waals surface area contributed by atoms with Gasteiger partial charge in [0, 0.05) is 23.3 Å². The summed E-state index contributed by atoms with van der Waals surface area (Å²) in [5, 5.41) is 11.2. The van der Waals surface area contributed by atoms with Gasteiger partial charge in [-0.3, -0.25) is 19.9 Å². The van der Waals surface area contributed by atoms with Crippen molar-refractivity contribution in [2.75, 3.05) is 7.11 Å². The van der Waals surface area contributed by atoms with Gasteiger partial charge in [0.2, 0.25) is 0 Å². The third-order valence-corrected chi connectivity index (χ3v) is 4.43. The van der Waals surface area contributed by atoms with Crippen LogP contribution in [-0.2, 0) is 9.53 Å². The summed E-state index contributed by atoms with van der Waals surface area (Å²) in [5.74, 6) is -0.439. The van der Waals surface area contributed by atoms with Crippen LogP contribution in [-0.4, -0.2) is 23.7 Å². The summed E-state index contributed by atoms with van der Waals surface area (Å²) in [7, 11) is 1.31. The van der Waals surface area contributed by atoms with E-state index in [9.17, 15) is 14.9 Å². The molecule has 6 nitrogen and oxygen atoms in total. The van der Waals surface area contributed by atoms with Crippen LogP contribution in [0.5, 0.6) is 0 Å². The van der Waals surface area contributed by atoms with Gasteiger partial charge in [-0.15, -0.1) is 0 Å². The molecule has 0 N–H and O–H groups in total. The minimum absolute atomic E-state index is 0.0269. The molecule has 1 atom stereocenters. The number of hydrogen-bond donors (Lipinski definition) is 0. The van der Waals surface area contributed by atoms with Crippen LogP contribution in [0.4, 0.5) is 5.69 Å². The third-order valence-electron chi connectivity index (χ3n) is 4.43. The Kier molecular flexibility index (Phi) is 6.47. The molecule has 0 heterocycles. The third kappa shape index (κ3) is 5.13. The van der Waals surface area contributed by atoms with Gasteiger partial charge < -0.3 is 4.74 Å². The molecular formula is C23H20N2O4. The Labute approximate surface area is 168 Å². The lowest BCUT2D eigenvalue weighted by molar-refractivity contribution is -0.384. The van der Waals surface area contributed by atoms with Crippen LogP contribution in [0.1, 0.15) is 29.2 Å². The number of non-ortho nitro benzene ring substituents is 1. The molecule has 146 valence electrons. The summed E-state index contributed by atoms with van der Waals surface area (Å²) >= 11 is 0. The van der Waals surface area contributed by atoms with Crippen molar-refractivity contribution in [2.45, 2.75) is 12.5 Å². The van der Waals surface area contributed by atoms with E-state index in [0.717, 1.165) is 11.1 Å². The highest BCUT2D eigenvalue weighted by Crippen LogP contribution is 2.27. The van der Waals surface area contributed by atoms with E-state index in [1.807, 2.05) is 60.7 Å². The average molecular weight is 388 g/mol. The van der Waals surface area contributed by atoms with Crippen LogP contribution in [0, 0.1) is 10.1 Å². The molecule has 0 bridgehead atoms. The number of esters is 1. The van der Waals surface area contributed by atoms with Gasteiger partial charge in [0.15, 0.2) is 0 Å². The lowest BCUT2D eigenvalue weighted by Crippen LogP contribution is -2.12. The lowest BCUT2D eigenvalue weighted by Gasteiger charge is -2.16. The van der Waals surface area contributed by atoms with Crippen LogP contribution >= 0.6 is 0 Å². The fourth-order valence-electron chi connectivity index (χ4n) is 2.99. The van der Waals surface area contributed by atoms with E-state index in [1.165, 1.54) is 19.2 Å². The maximum absolute atomic E-state index is 12.0. The summed E-state index contributed by atoms with van der Waals surface area (Å²) < 4.78 is 4.83. The number of hydrogen-bond acceptors (Lipinski definition) is 5. The summed E-state index contributed by atoms with van der Waals surface area (Å²) in [6, 6.07) is 24.8. The first-order chi connectivity index (χ1) is 14.1. The Bertz CT molecular complexity index is 976. The maximum Gasteiger partial charge on any atom is 0.308 e. The van der Waals surface area contributed by atoms with Gasteiger partial charge in [0.05, 0.1) is 30.2 Å². The SMILES string of the molecule is COC(=O)CC(N=C(c1ccccc1)c1ccccc1)c1cccc([N+](=O)[O-])c1. The molecule has 0 amide bonds. The summed E-state index contributed by atoms with van der Waals surface area (Å²) in [5.41, 5.74) is 3.01. The molecule has 0 aliphatic heterocycles. The highest BCUT2D eigenvalue weighted by molar-refractivity contribution is 6.13. The summed E-state index contributed by atoms with van der Waals surface area (Å²) in [6.07, 6.45) is -0.0269. The highest BCUT2D eigenvalue weighted by Gasteiger charge is 2.20. The number of nitrogens with zero attached hydrogens (tertiary/aromatic N) is 2. The molecule has 0 aromatic heterocycles. The van der Waals surface area contributed by atoms with Crippen molar-refractivity contribution in [3.8, 4) is 0 Å². The zero-order chi connectivity index (χ0) is 20.6. The monoisotopic (exact) mass is 388 g/mol. The van der Waals surface area contributed by atoms with E-state index in [4.69, 9.17) is 9.73 Å². The van der Waals surface area contributed by atoms with Gasteiger partial charge in [-0.25, -0.2) is 0 Å². The first-order valence-corrected chi connectivity index (χ1v) is 9.08. The minimum Gasteiger partial charge on any atom is -0.469 e. The van der Waals surface area contributed by atoms with E-state index in [1.54, 1.807) is 12.1 Å². The van der Waals surface area contributed by atoms with Crippen LogP contribution in [0.3, 0.4) is 0 Å². The molecule has 3 aromatic carbocycles. The Balaban J connectivity index is 2.13. The van der Waals surface area contributed by atoms with Crippen molar-refractivity contribution in [3.63, 3.8) is 0 Å². The molecule has 1 unspecified atom stereocenters. The van der Waals surface area contributed by atoms with Crippen molar-refractivity contribution >= 4 is 17.4 Å². The molecule has 0 aliphatic carbocycles. The predicted molar refractivity (Wildman–Crippen MR) is 111 cm³/mol.